The minimum atomic E-state index is -0.397. The summed E-state index contributed by atoms with van der Waals surface area (Å²) in [6.07, 6.45) is 2.74. The Balaban J connectivity index is 1.38. The Labute approximate surface area is 192 Å². The van der Waals surface area contributed by atoms with Crippen LogP contribution in [0.4, 0.5) is 11.4 Å². The molecule has 0 unspecified atom stereocenters. The van der Waals surface area contributed by atoms with E-state index in [0.717, 1.165) is 45.6 Å². The summed E-state index contributed by atoms with van der Waals surface area (Å²) in [5.41, 5.74) is 5.90. The highest BCUT2D eigenvalue weighted by atomic mass is 16.2. The van der Waals surface area contributed by atoms with Gasteiger partial charge in [-0.15, -0.1) is 0 Å². The molecular weight excluding hydrogens is 412 g/mol. The first kappa shape index (κ1) is 20.8. The van der Waals surface area contributed by atoms with Gasteiger partial charge in [-0.05, 0) is 42.3 Å². The Kier molecular flexibility index (Phi) is 5.57. The van der Waals surface area contributed by atoms with Gasteiger partial charge in [0.25, 0.3) is 0 Å². The molecule has 2 amide bonds. The summed E-state index contributed by atoms with van der Waals surface area (Å²) < 4.78 is 0. The molecule has 0 bridgehead atoms. The molecule has 6 nitrogen and oxygen atoms in total. The van der Waals surface area contributed by atoms with Crippen LogP contribution in [0.15, 0.2) is 79.0 Å². The number of hydrogen-bond acceptors (Lipinski definition) is 4. The summed E-state index contributed by atoms with van der Waals surface area (Å²) in [4.78, 5) is 36.6. The van der Waals surface area contributed by atoms with Crippen molar-refractivity contribution in [1.29, 1.82) is 0 Å². The third-order valence-corrected chi connectivity index (χ3v) is 6.06. The summed E-state index contributed by atoms with van der Waals surface area (Å²) in [7, 11) is 0. The number of fused-ring (bicyclic) bond motifs is 1. The number of nitrogens with zero attached hydrogens (tertiary/aromatic N) is 3. The van der Waals surface area contributed by atoms with Crippen molar-refractivity contribution in [2.24, 2.45) is 5.92 Å². The van der Waals surface area contributed by atoms with Gasteiger partial charge in [0.05, 0.1) is 28.8 Å². The molecule has 4 aromatic rings. The van der Waals surface area contributed by atoms with Crippen molar-refractivity contribution < 1.29 is 9.59 Å². The summed E-state index contributed by atoms with van der Waals surface area (Å²) in [6, 6.07) is 23.2. The third-order valence-electron chi connectivity index (χ3n) is 6.06. The van der Waals surface area contributed by atoms with E-state index in [0.29, 0.717) is 6.54 Å². The van der Waals surface area contributed by atoms with E-state index in [1.165, 1.54) is 0 Å². The monoisotopic (exact) mass is 436 g/mol. The van der Waals surface area contributed by atoms with Crippen LogP contribution in [-0.2, 0) is 16.0 Å². The molecule has 1 aliphatic rings. The Morgan fingerprint density at radius 3 is 2.58 bits per heavy atom. The lowest BCUT2D eigenvalue weighted by molar-refractivity contribution is -0.122. The van der Waals surface area contributed by atoms with Gasteiger partial charge in [-0.2, -0.15) is 0 Å². The van der Waals surface area contributed by atoms with Crippen molar-refractivity contribution >= 4 is 34.2 Å². The Morgan fingerprint density at radius 2 is 1.79 bits per heavy atom. The average Bonchev–Trinajstić information content (AvgIpc) is 3.26. The Bertz CT molecular complexity index is 1340. The lowest BCUT2D eigenvalue weighted by Gasteiger charge is -2.17. The number of hydrogen-bond donors (Lipinski definition) is 1. The summed E-state index contributed by atoms with van der Waals surface area (Å²) in [6.45, 7) is 2.43. The first-order valence-corrected chi connectivity index (χ1v) is 11.1. The van der Waals surface area contributed by atoms with Gasteiger partial charge < -0.3 is 10.2 Å². The van der Waals surface area contributed by atoms with Gasteiger partial charge in [0.15, 0.2) is 0 Å². The van der Waals surface area contributed by atoms with E-state index in [-0.39, 0.29) is 18.2 Å². The third kappa shape index (κ3) is 4.20. The first-order chi connectivity index (χ1) is 16.1. The predicted molar refractivity (Wildman–Crippen MR) is 130 cm³/mol. The van der Waals surface area contributed by atoms with E-state index < -0.39 is 5.92 Å². The highest BCUT2D eigenvalue weighted by Crippen LogP contribution is 2.29. The second-order valence-electron chi connectivity index (χ2n) is 8.20. The number of benzene rings is 3. The second-order valence-corrected chi connectivity index (χ2v) is 8.20. The van der Waals surface area contributed by atoms with Crippen molar-refractivity contribution in [2.75, 3.05) is 16.8 Å². The highest BCUT2D eigenvalue weighted by molar-refractivity contribution is 6.04. The normalized spacial score (nSPS) is 15.7. The number of rotatable bonds is 5. The number of carbonyl (C=O) groups excluding carboxylic acids is 2. The Morgan fingerprint density at radius 1 is 1.03 bits per heavy atom. The van der Waals surface area contributed by atoms with E-state index in [2.05, 4.69) is 17.2 Å². The molecule has 5 rings (SSSR count). The molecular formula is C27H24N4O2. The van der Waals surface area contributed by atoms with Gasteiger partial charge in [0.2, 0.25) is 11.8 Å². The van der Waals surface area contributed by atoms with E-state index in [1.54, 1.807) is 11.1 Å². The van der Waals surface area contributed by atoms with Gasteiger partial charge in [-0.3, -0.25) is 14.6 Å². The lowest BCUT2D eigenvalue weighted by atomic mass is 10.0. The summed E-state index contributed by atoms with van der Waals surface area (Å²) in [5, 5.41) is 3.08. The van der Waals surface area contributed by atoms with Crippen LogP contribution in [0.1, 0.15) is 18.9 Å². The van der Waals surface area contributed by atoms with Gasteiger partial charge in [0, 0.05) is 29.9 Å². The number of carbonyl (C=O) groups is 2. The number of anilines is 2. The van der Waals surface area contributed by atoms with Crippen molar-refractivity contribution in [3.05, 3.63) is 84.6 Å². The molecule has 3 aromatic carbocycles. The number of para-hydroxylation sites is 3. The first-order valence-electron chi connectivity index (χ1n) is 11.1. The van der Waals surface area contributed by atoms with Crippen LogP contribution in [-0.4, -0.2) is 28.3 Å². The summed E-state index contributed by atoms with van der Waals surface area (Å²) >= 11 is 0. The average molecular weight is 437 g/mol. The fourth-order valence-electron chi connectivity index (χ4n) is 4.23. The fourth-order valence-corrected chi connectivity index (χ4v) is 4.23. The topological polar surface area (TPSA) is 75.2 Å². The van der Waals surface area contributed by atoms with Crippen molar-refractivity contribution in [3.8, 4) is 11.3 Å². The van der Waals surface area contributed by atoms with Crippen LogP contribution in [0.2, 0.25) is 0 Å². The minimum absolute atomic E-state index is 0.0303. The smallest absolute Gasteiger partial charge is 0.229 e. The van der Waals surface area contributed by atoms with E-state index >= 15 is 0 Å². The Hall–Kier alpha value is -4.06. The standard InChI is InChI=1S/C27H24N4O2/c1-2-18-12-13-19(25-16-28-22-10-6-7-11-23(22)29-25)14-24(18)30-27(33)20-15-26(32)31(17-20)21-8-4-3-5-9-21/h3-14,16,20H,2,15,17H2,1H3,(H,30,33)/t20-/m1/s1. The maximum Gasteiger partial charge on any atom is 0.229 e. The summed E-state index contributed by atoms with van der Waals surface area (Å²) in [5.74, 6) is -0.568. The van der Waals surface area contributed by atoms with Crippen molar-refractivity contribution in [1.82, 2.24) is 9.97 Å². The van der Waals surface area contributed by atoms with Gasteiger partial charge in [0.1, 0.15) is 0 Å². The largest absolute Gasteiger partial charge is 0.326 e. The van der Waals surface area contributed by atoms with Gasteiger partial charge >= 0.3 is 0 Å². The van der Waals surface area contributed by atoms with E-state index in [4.69, 9.17) is 4.98 Å². The van der Waals surface area contributed by atoms with Crippen molar-refractivity contribution in [2.45, 2.75) is 19.8 Å². The molecule has 6 heteroatoms. The number of nitrogens with one attached hydrogen (secondary N) is 1. The van der Waals surface area contributed by atoms with E-state index in [1.807, 2.05) is 72.8 Å². The molecule has 2 heterocycles. The lowest BCUT2D eigenvalue weighted by Crippen LogP contribution is -2.28. The van der Waals surface area contributed by atoms with Gasteiger partial charge in [-0.1, -0.05) is 49.4 Å². The fraction of sp³-hybridized carbons (Fsp3) is 0.185. The molecule has 0 aliphatic carbocycles. The van der Waals surface area contributed by atoms with Crippen LogP contribution >= 0.6 is 0 Å². The predicted octanol–water partition coefficient (Wildman–Crippen LogP) is 4.85. The van der Waals surface area contributed by atoms with Gasteiger partial charge in [-0.25, -0.2) is 4.98 Å². The van der Waals surface area contributed by atoms with Crippen LogP contribution in [0, 0.1) is 5.92 Å². The SMILES string of the molecule is CCc1ccc(-c2cnc3ccccc3n2)cc1NC(=O)[C@@H]1CC(=O)N(c2ccccc2)C1. The number of amides is 2. The molecule has 0 spiro atoms. The number of aromatic nitrogens is 2. The zero-order chi connectivity index (χ0) is 22.8. The molecule has 1 fully saturated rings. The van der Waals surface area contributed by atoms with Crippen LogP contribution in [0.5, 0.6) is 0 Å². The van der Waals surface area contributed by atoms with Crippen LogP contribution < -0.4 is 10.2 Å². The molecule has 1 aliphatic heterocycles. The van der Waals surface area contributed by atoms with Crippen LogP contribution in [0.25, 0.3) is 22.3 Å². The molecule has 33 heavy (non-hydrogen) atoms. The molecule has 0 saturated carbocycles. The highest BCUT2D eigenvalue weighted by Gasteiger charge is 2.35. The van der Waals surface area contributed by atoms with Crippen LogP contribution in [0.3, 0.4) is 0 Å². The maximum atomic E-state index is 13.1. The number of aryl methyl sites for hydroxylation is 1. The quantitative estimate of drug-likeness (QED) is 0.485. The maximum absolute atomic E-state index is 13.1. The molecule has 1 aromatic heterocycles. The molecule has 1 N–H and O–H groups in total. The molecule has 1 atom stereocenters. The molecule has 164 valence electrons. The second kappa shape index (κ2) is 8.82. The zero-order valence-electron chi connectivity index (χ0n) is 18.4. The van der Waals surface area contributed by atoms with Crippen molar-refractivity contribution in [3.63, 3.8) is 0 Å². The zero-order valence-corrected chi connectivity index (χ0v) is 18.4. The van der Waals surface area contributed by atoms with E-state index in [9.17, 15) is 9.59 Å². The molecule has 1 saturated heterocycles. The minimum Gasteiger partial charge on any atom is -0.326 e. The molecule has 0 radical (unpaired) electrons.